The summed E-state index contributed by atoms with van der Waals surface area (Å²) in [4.78, 5) is 11.8. The van der Waals surface area contributed by atoms with Gasteiger partial charge in [0.25, 0.3) is 0 Å². The van der Waals surface area contributed by atoms with E-state index >= 15 is 0 Å². The third kappa shape index (κ3) is 3.04. The van der Waals surface area contributed by atoms with Gasteiger partial charge in [0.1, 0.15) is 0 Å². The molecule has 5 rings (SSSR count). The minimum Gasteiger partial charge on any atom is -0.399 e. The molecule has 2 N–H and O–H groups in total. The van der Waals surface area contributed by atoms with Gasteiger partial charge in [0.05, 0.1) is 17.4 Å². The van der Waals surface area contributed by atoms with Gasteiger partial charge in [-0.05, 0) is 36.4 Å². The predicted octanol–water partition coefficient (Wildman–Crippen LogP) is 2.93. The summed E-state index contributed by atoms with van der Waals surface area (Å²) in [5.74, 6) is 0.768. The summed E-state index contributed by atoms with van der Waals surface area (Å²) in [7, 11) is 0. The Morgan fingerprint density at radius 2 is 1.93 bits per heavy atom. The van der Waals surface area contributed by atoms with Crippen LogP contribution in [0.4, 0.5) is 5.69 Å². The van der Waals surface area contributed by atoms with Crippen LogP contribution in [0.2, 0.25) is 0 Å². The van der Waals surface area contributed by atoms with Crippen LogP contribution in [-0.2, 0) is 19.5 Å². The van der Waals surface area contributed by atoms with Crippen molar-refractivity contribution in [2.24, 2.45) is 0 Å². The lowest BCUT2D eigenvalue weighted by Crippen LogP contribution is -2.30. The molecule has 1 aromatic carbocycles. The minimum absolute atomic E-state index is 0.750. The summed E-state index contributed by atoms with van der Waals surface area (Å²) in [5.41, 5.74) is 12.3. The third-order valence-corrected chi connectivity index (χ3v) is 5.08. The van der Waals surface area contributed by atoms with E-state index in [1.807, 2.05) is 53.4 Å². The van der Waals surface area contributed by atoms with E-state index in [9.17, 15) is 0 Å². The van der Waals surface area contributed by atoms with E-state index < -0.39 is 0 Å². The first-order chi connectivity index (χ1) is 13.3. The maximum atomic E-state index is 5.77. The fourth-order valence-electron chi connectivity index (χ4n) is 3.63. The van der Waals surface area contributed by atoms with Gasteiger partial charge in [-0.3, -0.25) is 4.90 Å². The zero-order valence-corrected chi connectivity index (χ0v) is 14.9. The molecule has 0 spiro atoms. The molecule has 0 bridgehead atoms. The Hall–Kier alpha value is -3.25. The summed E-state index contributed by atoms with van der Waals surface area (Å²) >= 11 is 0. The van der Waals surface area contributed by atoms with Crippen LogP contribution in [0.15, 0.2) is 61.1 Å². The van der Waals surface area contributed by atoms with E-state index in [-0.39, 0.29) is 0 Å². The van der Waals surface area contributed by atoms with Crippen molar-refractivity contribution in [2.45, 2.75) is 19.5 Å². The molecule has 0 unspecified atom stereocenters. The second-order valence-corrected chi connectivity index (χ2v) is 6.95. The molecule has 0 radical (unpaired) electrons. The normalized spacial score (nSPS) is 14.4. The first-order valence-electron chi connectivity index (χ1n) is 9.10. The molecule has 4 heterocycles. The smallest absolute Gasteiger partial charge is 0.159 e. The van der Waals surface area contributed by atoms with Crippen LogP contribution in [-0.4, -0.2) is 31.0 Å². The summed E-state index contributed by atoms with van der Waals surface area (Å²) in [6.07, 6.45) is 6.85. The predicted molar refractivity (Wildman–Crippen MR) is 105 cm³/mol. The van der Waals surface area contributed by atoms with Crippen LogP contribution >= 0.6 is 0 Å². The summed E-state index contributed by atoms with van der Waals surface area (Å²) in [6.45, 7) is 2.73. The number of hydrogen-bond acceptors (Lipinski definition) is 5. The SMILES string of the molecule is Nc1ccc(-c2ncc3c(n2)CCN(Cc2cnn4ccccc24)C3)cc1. The fraction of sp³-hybridized carbons (Fsp3) is 0.190. The van der Waals surface area contributed by atoms with Crippen LogP contribution in [0.3, 0.4) is 0 Å². The van der Waals surface area contributed by atoms with E-state index in [1.165, 1.54) is 16.6 Å². The Labute approximate surface area is 157 Å². The van der Waals surface area contributed by atoms with Gasteiger partial charge in [0.2, 0.25) is 0 Å². The minimum atomic E-state index is 0.750. The van der Waals surface area contributed by atoms with Crippen LogP contribution in [0.25, 0.3) is 16.9 Å². The Morgan fingerprint density at radius 1 is 1.04 bits per heavy atom. The van der Waals surface area contributed by atoms with E-state index in [4.69, 9.17) is 10.7 Å². The third-order valence-electron chi connectivity index (χ3n) is 5.08. The molecule has 6 nitrogen and oxygen atoms in total. The number of nitrogens with zero attached hydrogens (tertiary/aromatic N) is 5. The molecular formula is C21H20N6. The van der Waals surface area contributed by atoms with Gasteiger partial charge in [-0.15, -0.1) is 0 Å². The van der Waals surface area contributed by atoms with Gasteiger partial charge in [-0.2, -0.15) is 5.10 Å². The van der Waals surface area contributed by atoms with Crippen molar-refractivity contribution in [3.63, 3.8) is 0 Å². The monoisotopic (exact) mass is 356 g/mol. The number of anilines is 1. The first-order valence-corrected chi connectivity index (χ1v) is 9.10. The molecule has 4 aromatic rings. The Kier molecular flexibility index (Phi) is 3.83. The number of hydrogen-bond donors (Lipinski definition) is 1. The van der Waals surface area contributed by atoms with Crippen molar-refractivity contribution in [3.05, 3.63) is 77.9 Å². The van der Waals surface area contributed by atoms with Crippen LogP contribution in [0.1, 0.15) is 16.8 Å². The topological polar surface area (TPSA) is 72.3 Å². The molecule has 27 heavy (non-hydrogen) atoms. The lowest BCUT2D eigenvalue weighted by molar-refractivity contribution is 0.244. The average Bonchev–Trinajstić information content (AvgIpc) is 3.11. The number of benzene rings is 1. The van der Waals surface area contributed by atoms with Gasteiger partial charge in [-0.1, -0.05) is 6.07 Å². The quantitative estimate of drug-likeness (QED) is 0.572. The van der Waals surface area contributed by atoms with Crippen molar-refractivity contribution in [1.29, 1.82) is 0 Å². The van der Waals surface area contributed by atoms with E-state index in [2.05, 4.69) is 27.1 Å². The highest BCUT2D eigenvalue weighted by molar-refractivity contribution is 5.59. The molecule has 134 valence electrons. The van der Waals surface area contributed by atoms with Crippen LogP contribution < -0.4 is 5.73 Å². The fourth-order valence-corrected chi connectivity index (χ4v) is 3.63. The Balaban J connectivity index is 1.36. The maximum absolute atomic E-state index is 5.77. The first kappa shape index (κ1) is 16.0. The van der Waals surface area contributed by atoms with E-state index in [0.717, 1.165) is 48.8 Å². The average molecular weight is 356 g/mol. The lowest BCUT2D eigenvalue weighted by Gasteiger charge is -2.27. The van der Waals surface area contributed by atoms with Crippen molar-refractivity contribution in [1.82, 2.24) is 24.5 Å². The number of nitrogens with two attached hydrogens (primary N) is 1. The van der Waals surface area contributed by atoms with E-state index in [0.29, 0.717) is 0 Å². The Bertz CT molecular complexity index is 1100. The van der Waals surface area contributed by atoms with Crippen molar-refractivity contribution < 1.29 is 0 Å². The molecule has 0 saturated heterocycles. The molecule has 0 aliphatic carbocycles. The second-order valence-electron chi connectivity index (χ2n) is 6.95. The largest absolute Gasteiger partial charge is 0.399 e. The van der Waals surface area contributed by atoms with Gasteiger partial charge in [-0.25, -0.2) is 14.5 Å². The number of aromatic nitrogens is 4. The van der Waals surface area contributed by atoms with Gasteiger partial charge in [0.15, 0.2) is 5.82 Å². The number of pyridine rings is 1. The van der Waals surface area contributed by atoms with E-state index in [1.54, 1.807) is 0 Å². The molecule has 3 aromatic heterocycles. The Morgan fingerprint density at radius 3 is 2.81 bits per heavy atom. The van der Waals surface area contributed by atoms with Crippen molar-refractivity contribution in [3.8, 4) is 11.4 Å². The van der Waals surface area contributed by atoms with Gasteiger partial charge in [0, 0.05) is 60.8 Å². The molecule has 0 amide bonds. The second kappa shape index (κ2) is 6.48. The number of rotatable bonds is 3. The summed E-state index contributed by atoms with van der Waals surface area (Å²) < 4.78 is 1.93. The molecule has 0 saturated carbocycles. The van der Waals surface area contributed by atoms with Gasteiger partial charge >= 0.3 is 0 Å². The number of fused-ring (bicyclic) bond motifs is 2. The van der Waals surface area contributed by atoms with Crippen molar-refractivity contribution in [2.75, 3.05) is 12.3 Å². The molecule has 1 aliphatic rings. The van der Waals surface area contributed by atoms with Crippen LogP contribution in [0, 0.1) is 0 Å². The zero-order chi connectivity index (χ0) is 18.2. The highest BCUT2D eigenvalue weighted by Crippen LogP contribution is 2.23. The molecule has 0 fully saturated rings. The highest BCUT2D eigenvalue weighted by atomic mass is 15.2. The molecular weight excluding hydrogens is 336 g/mol. The summed E-state index contributed by atoms with van der Waals surface area (Å²) in [5, 5.41) is 4.44. The number of nitrogen functional groups attached to an aromatic ring is 1. The molecule has 0 atom stereocenters. The lowest BCUT2D eigenvalue weighted by atomic mass is 10.1. The zero-order valence-electron chi connectivity index (χ0n) is 14.9. The summed E-state index contributed by atoms with van der Waals surface area (Å²) in [6, 6.07) is 13.9. The molecule has 1 aliphatic heterocycles. The standard InChI is InChI=1S/C21H20N6/c22-18-6-4-15(5-7-18)21-23-11-16-13-26(10-8-19(16)25-21)14-17-12-24-27-9-2-1-3-20(17)27/h1-7,9,11-12H,8,10,13-14,22H2. The van der Waals surface area contributed by atoms with Gasteiger partial charge < -0.3 is 5.73 Å². The van der Waals surface area contributed by atoms with Crippen LogP contribution in [0.5, 0.6) is 0 Å². The molecule has 6 heteroatoms. The maximum Gasteiger partial charge on any atom is 0.159 e. The highest BCUT2D eigenvalue weighted by Gasteiger charge is 2.20. The van der Waals surface area contributed by atoms with Crippen molar-refractivity contribution >= 4 is 11.2 Å².